The van der Waals surface area contributed by atoms with Crippen molar-refractivity contribution < 1.29 is 5.11 Å². The first-order valence-electron chi connectivity index (χ1n) is 8.19. The highest BCUT2D eigenvalue weighted by Crippen LogP contribution is 2.48. The highest BCUT2D eigenvalue weighted by molar-refractivity contribution is 5.03. The van der Waals surface area contributed by atoms with E-state index in [2.05, 4.69) is 18.7 Å². The molecule has 0 radical (unpaired) electrons. The smallest absolute Gasteiger partial charge is 0.0740 e. The monoisotopic (exact) mass is 268 g/mol. The minimum absolute atomic E-state index is 0.00737. The van der Waals surface area contributed by atoms with Gasteiger partial charge in [0.2, 0.25) is 0 Å². The summed E-state index contributed by atoms with van der Waals surface area (Å²) in [5, 5.41) is 11.3. The van der Waals surface area contributed by atoms with E-state index in [4.69, 9.17) is 5.73 Å². The Morgan fingerprint density at radius 1 is 1.00 bits per heavy atom. The molecule has 2 aliphatic rings. The molecule has 0 aromatic heterocycles. The minimum Gasteiger partial charge on any atom is -0.389 e. The zero-order valence-electron chi connectivity index (χ0n) is 12.8. The topological polar surface area (TPSA) is 49.5 Å². The molecule has 3 heteroatoms. The summed E-state index contributed by atoms with van der Waals surface area (Å²) >= 11 is 0. The van der Waals surface area contributed by atoms with E-state index in [1.165, 1.54) is 25.7 Å². The molecule has 0 bridgehead atoms. The molecule has 0 aromatic rings. The zero-order chi connectivity index (χ0) is 13.9. The highest BCUT2D eigenvalue weighted by atomic mass is 16.3. The number of hydrogen-bond acceptors (Lipinski definition) is 3. The van der Waals surface area contributed by atoms with Gasteiger partial charge in [0.1, 0.15) is 0 Å². The van der Waals surface area contributed by atoms with Gasteiger partial charge in [-0.15, -0.1) is 0 Å². The Labute approximate surface area is 118 Å². The van der Waals surface area contributed by atoms with Gasteiger partial charge < -0.3 is 15.7 Å². The summed E-state index contributed by atoms with van der Waals surface area (Å²) in [6, 6.07) is 0.590. The lowest BCUT2D eigenvalue weighted by Crippen LogP contribution is -2.58. The Morgan fingerprint density at radius 2 is 1.53 bits per heavy atom. The van der Waals surface area contributed by atoms with E-state index in [1.54, 1.807) is 0 Å². The number of piperidine rings is 1. The highest BCUT2D eigenvalue weighted by Gasteiger charge is 2.50. The van der Waals surface area contributed by atoms with Crippen LogP contribution in [0.4, 0.5) is 0 Å². The Kier molecular flexibility index (Phi) is 4.91. The quantitative estimate of drug-likeness (QED) is 0.773. The van der Waals surface area contributed by atoms with Crippen molar-refractivity contribution in [2.75, 3.05) is 19.6 Å². The molecule has 2 fully saturated rings. The second-order valence-corrected chi connectivity index (χ2v) is 7.06. The first kappa shape index (κ1) is 15.3. The van der Waals surface area contributed by atoms with E-state index in [0.717, 1.165) is 38.8 Å². The predicted octanol–water partition coefficient (Wildman–Crippen LogP) is 2.52. The SMILES string of the molecule is CC(C)N1CCC(O)(C2(CN)CCCCCC2)CC1. The molecular formula is C16H32N2O. The molecule has 0 atom stereocenters. The third-order valence-electron chi connectivity index (χ3n) is 5.79. The molecule has 19 heavy (non-hydrogen) atoms. The van der Waals surface area contributed by atoms with E-state index in [-0.39, 0.29) is 5.41 Å². The molecule has 0 spiro atoms. The van der Waals surface area contributed by atoms with Crippen LogP contribution in [0.2, 0.25) is 0 Å². The zero-order valence-corrected chi connectivity index (χ0v) is 12.8. The fourth-order valence-corrected chi connectivity index (χ4v) is 4.21. The lowest BCUT2D eigenvalue weighted by atomic mass is 9.63. The van der Waals surface area contributed by atoms with Gasteiger partial charge in [-0.2, -0.15) is 0 Å². The van der Waals surface area contributed by atoms with Crippen molar-refractivity contribution in [3.63, 3.8) is 0 Å². The molecular weight excluding hydrogens is 236 g/mol. The fraction of sp³-hybridized carbons (Fsp3) is 1.00. The number of rotatable bonds is 3. The average Bonchev–Trinajstić information content (AvgIpc) is 2.65. The van der Waals surface area contributed by atoms with Crippen LogP contribution in [-0.4, -0.2) is 41.3 Å². The molecule has 1 heterocycles. The van der Waals surface area contributed by atoms with Gasteiger partial charge in [0.05, 0.1) is 5.60 Å². The van der Waals surface area contributed by atoms with Crippen molar-refractivity contribution in [1.29, 1.82) is 0 Å². The average molecular weight is 268 g/mol. The van der Waals surface area contributed by atoms with Crippen LogP contribution in [0.3, 0.4) is 0 Å². The van der Waals surface area contributed by atoms with E-state index in [9.17, 15) is 5.11 Å². The first-order chi connectivity index (χ1) is 9.03. The van der Waals surface area contributed by atoms with Gasteiger partial charge in [-0.25, -0.2) is 0 Å². The van der Waals surface area contributed by atoms with Crippen LogP contribution < -0.4 is 5.73 Å². The summed E-state index contributed by atoms with van der Waals surface area (Å²) in [6.07, 6.45) is 9.18. The van der Waals surface area contributed by atoms with E-state index >= 15 is 0 Å². The van der Waals surface area contributed by atoms with Gasteiger partial charge in [0.15, 0.2) is 0 Å². The Balaban J connectivity index is 2.09. The molecule has 1 saturated heterocycles. The maximum atomic E-state index is 11.3. The van der Waals surface area contributed by atoms with Crippen LogP contribution in [-0.2, 0) is 0 Å². The van der Waals surface area contributed by atoms with Crippen molar-refractivity contribution in [2.45, 2.75) is 76.9 Å². The normalized spacial score (nSPS) is 28.3. The lowest BCUT2D eigenvalue weighted by Gasteiger charge is -2.51. The molecule has 1 aliphatic carbocycles. The predicted molar refractivity (Wildman–Crippen MR) is 80.1 cm³/mol. The van der Waals surface area contributed by atoms with Crippen LogP contribution >= 0.6 is 0 Å². The Hall–Kier alpha value is -0.120. The fourth-order valence-electron chi connectivity index (χ4n) is 4.21. The second kappa shape index (κ2) is 6.11. The van der Waals surface area contributed by atoms with Gasteiger partial charge in [-0.05, 0) is 39.5 Å². The van der Waals surface area contributed by atoms with E-state index in [0.29, 0.717) is 12.6 Å². The molecule has 0 unspecified atom stereocenters. The Bertz CT molecular complexity index is 274. The van der Waals surface area contributed by atoms with Crippen molar-refractivity contribution in [3.05, 3.63) is 0 Å². The number of aliphatic hydroxyl groups is 1. The van der Waals surface area contributed by atoms with Gasteiger partial charge >= 0.3 is 0 Å². The number of likely N-dealkylation sites (tertiary alicyclic amines) is 1. The van der Waals surface area contributed by atoms with Crippen LogP contribution in [0.15, 0.2) is 0 Å². The van der Waals surface area contributed by atoms with Crippen molar-refractivity contribution in [2.24, 2.45) is 11.1 Å². The molecule has 0 aromatic carbocycles. The van der Waals surface area contributed by atoms with E-state index in [1.807, 2.05) is 0 Å². The van der Waals surface area contributed by atoms with Gasteiger partial charge in [-0.3, -0.25) is 0 Å². The van der Waals surface area contributed by atoms with Gasteiger partial charge in [0.25, 0.3) is 0 Å². The molecule has 1 saturated carbocycles. The summed E-state index contributed by atoms with van der Waals surface area (Å²) in [5.74, 6) is 0. The molecule has 0 amide bonds. The third-order valence-corrected chi connectivity index (χ3v) is 5.79. The van der Waals surface area contributed by atoms with Crippen LogP contribution in [0.1, 0.15) is 65.2 Å². The van der Waals surface area contributed by atoms with E-state index < -0.39 is 5.60 Å². The summed E-state index contributed by atoms with van der Waals surface area (Å²) in [6.45, 7) is 7.19. The number of nitrogens with zero attached hydrogens (tertiary/aromatic N) is 1. The molecule has 3 nitrogen and oxygen atoms in total. The summed E-state index contributed by atoms with van der Waals surface area (Å²) < 4.78 is 0. The van der Waals surface area contributed by atoms with Crippen molar-refractivity contribution in [3.8, 4) is 0 Å². The third kappa shape index (κ3) is 2.98. The Morgan fingerprint density at radius 3 is 1.95 bits per heavy atom. The van der Waals surface area contributed by atoms with Crippen molar-refractivity contribution >= 4 is 0 Å². The maximum absolute atomic E-state index is 11.3. The van der Waals surface area contributed by atoms with Crippen LogP contribution in [0.25, 0.3) is 0 Å². The summed E-state index contributed by atoms with van der Waals surface area (Å²) in [7, 11) is 0. The van der Waals surface area contributed by atoms with Gasteiger partial charge in [-0.1, -0.05) is 25.7 Å². The standard InChI is InChI=1S/C16H32N2O/c1-14(2)18-11-9-16(19,10-12-18)15(13-17)7-5-3-4-6-8-15/h14,19H,3-13,17H2,1-2H3. The lowest BCUT2D eigenvalue weighted by molar-refractivity contribution is -0.127. The molecule has 112 valence electrons. The molecule has 3 N–H and O–H groups in total. The molecule has 2 rings (SSSR count). The van der Waals surface area contributed by atoms with Crippen LogP contribution in [0.5, 0.6) is 0 Å². The van der Waals surface area contributed by atoms with Gasteiger partial charge in [0, 0.05) is 31.1 Å². The summed E-state index contributed by atoms with van der Waals surface area (Å²) in [5.41, 5.74) is 5.62. The first-order valence-corrected chi connectivity index (χ1v) is 8.19. The number of nitrogens with two attached hydrogens (primary N) is 1. The minimum atomic E-state index is -0.516. The van der Waals surface area contributed by atoms with Crippen molar-refractivity contribution in [1.82, 2.24) is 4.90 Å². The maximum Gasteiger partial charge on any atom is 0.0740 e. The largest absolute Gasteiger partial charge is 0.389 e. The number of hydrogen-bond donors (Lipinski definition) is 2. The molecule has 1 aliphatic heterocycles. The van der Waals surface area contributed by atoms with Crippen LogP contribution in [0, 0.1) is 5.41 Å². The summed E-state index contributed by atoms with van der Waals surface area (Å²) in [4.78, 5) is 2.48. The second-order valence-electron chi connectivity index (χ2n) is 7.06.